The summed E-state index contributed by atoms with van der Waals surface area (Å²) in [7, 11) is 1.64. The Kier molecular flexibility index (Phi) is 3.76. The Bertz CT molecular complexity index is 1070. The molecule has 138 valence electrons. The van der Waals surface area contributed by atoms with Crippen molar-refractivity contribution in [1.29, 1.82) is 0 Å². The quantitative estimate of drug-likeness (QED) is 0.541. The summed E-state index contributed by atoms with van der Waals surface area (Å²) in [5, 5.41) is 9.29. The molecule has 1 aromatic carbocycles. The van der Waals surface area contributed by atoms with Crippen molar-refractivity contribution in [2.24, 2.45) is 4.99 Å². The normalized spacial score (nSPS) is 17.6. The van der Waals surface area contributed by atoms with Crippen LogP contribution >= 0.6 is 11.6 Å². The predicted octanol–water partition coefficient (Wildman–Crippen LogP) is 2.32. The molecule has 0 N–H and O–H groups in total. The number of methoxy groups -OCH3 is 1. The van der Waals surface area contributed by atoms with Crippen LogP contribution in [0.2, 0.25) is 5.02 Å². The summed E-state index contributed by atoms with van der Waals surface area (Å²) in [6, 6.07) is 5.82. The molecule has 2 aromatic heterocycles. The molecular formula is C18H17ClN6O2. The second kappa shape index (κ2) is 6.17. The molecule has 3 aromatic rings. The van der Waals surface area contributed by atoms with Crippen LogP contribution < -0.4 is 0 Å². The van der Waals surface area contributed by atoms with Crippen LogP contribution in [0.3, 0.4) is 0 Å². The Hall–Kier alpha value is -2.71. The van der Waals surface area contributed by atoms with Gasteiger partial charge in [0.25, 0.3) is 0 Å². The maximum Gasteiger partial charge on any atom is 0.237 e. The second-order valence-electron chi connectivity index (χ2n) is 6.64. The van der Waals surface area contributed by atoms with Gasteiger partial charge in [0.2, 0.25) is 5.90 Å². The van der Waals surface area contributed by atoms with Gasteiger partial charge in [0.05, 0.1) is 35.4 Å². The zero-order chi connectivity index (χ0) is 18.5. The smallest absolute Gasteiger partial charge is 0.237 e. The van der Waals surface area contributed by atoms with Crippen LogP contribution in [0.1, 0.15) is 29.7 Å². The van der Waals surface area contributed by atoms with Crippen LogP contribution in [-0.2, 0) is 22.5 Å². The Balaban J connectivity index is 1.76. The maximum absolute atomic E-state index is 6.27. The number of rotatable bonds is 3. The number of benzene rings is 1. The minimum Gasteiger partial charge on any atom is -0.474 e. The SMILES string of the molecule is COCc1nnn2c1Cc1c(C3=N[C@@H](C)CO3)ncn1-c1ccc(Cl)cc1-2. The van der Waals surface area contributed by atoms with Crippen molar-refractivity contribution in [1.82, 2.24) is 24.5 Å². The van der Waals surface area contributed by atoms with Crippen molar-refractivity contribution in [3.05, 3.63) is 52.3 Å². The maximum atomic E-state index is 6.27. The van der Waals surface area contributed by atoms with Crippen molar-refractivity contribution in [3.63, 3.8) is 0 Å². The summed E-state index contributed by atoms with van der Waals surface area (Å²) < 4.78 is 14.9. The lowest BCUT2D eigenvalue weighted by atomic mass is 10.1. The highest BCUT2D eigenvalue weighted by molar-refractivity contribution is 6.30. The van der Waals surface area contributed by atoms with Gasteiger partial charge in [-0.05, 0) is 25.1 Å². The standard InChI is InChI=1S/C18H17ClN6O2/c1-10-7-27-18(21-10)17-16-6-14-12(8-26-2)22-23-25(14)15-5-11(19)3-4-13(15)24(16)9-20-17/h3-5,9-10H,6-8H2,1-2H3/t10-/m0/s1. The van der Waals surface area contributed by atoms with Gasteiger partial charge in [-0.25, -0.2) is 14.7 Å². The van der Waals surface area contributed by atoms with E-state index in [4.69, 9.17) is 21.1 Å². The molecule has 0 amide bonds. The minimum absolute atomic E-state index is 0.130. The van der Waals surface area contributed by atoms with E-state index in [-0.39, 0.29) is 6.04 Å². The summed E-state index contributed by atoms with van der Waals surface area (Å²) >= 11 is 6.27. The summed E-state index contributed by atoms with van der Waals surface area (Å²) in [6.07, 6.45) is 2.37. The Morgan fingerprint density at radius 2 is 2.19 bits per heavy atom. The predicted molar refractivity (Wildman–Crippen MR) is 99.0 cm³/mol. The third-order valence-corrected chi connectivity index (χ3v) is 4.99. The molecule has 1 atom stereocenters. The number of aromatic nitrogens is 5. The van der Waals surface area contributed by atoms with E-state index < -0.39 is 0 Å². The molecule has 9 heteroatoms. The van der Waals surface area contributed by atoms with Gasteiger partial charge < -0.3 is 9.47 Å². The third-order valence-electron chi connectivity index (χ3n) is 4.75. The lowest BCUT2D eigenvalue weighted by Crippen LogP contribution is -2.09. The average molecular weight is 385 g/mol. The van der Waals surface area contributed by atoms with Crippen LogP contribution in [0.25, 0.3) is 11.4 Å². The van der Waals surface area contributed by atoms with Gasteiger partial charge in [-0.1, -0.05) is 16.8 Å². The number of halogens is 1. The van der Waals surface area contributed by atoms with E-state index in [0.29, 0.717) is 30.6 Å². The van der Waals surface area contributed by atoms with Crippen LogP contribution in [-0.4, -0.2) is 50.2 Å². The highest BCUT2D eigenvalue weighted by Crippen LogP contribution is 2.32. The zero-order valence-electron chi connectivity index (χ0n) is 14.9. The lowest BCUT2D eigenvalue weighted by molar-refractivity contribution is 0.180. The molecule has 0 fully saturated rings. The third kappa shape index (κ3) is 2.55. The molecule has 4 heterocycles. The number of aliphatic imine (C=N–C) groups is 1. The average Bonchev–Trinajstić information content (AvgIpc) is 3.34. The first kappa shape index (κ1) is 16.5. The highest BCUT2D eigenvalue weighted by Gasteiger charge is 2.29. The lowest BCUT2D eigenvalue weighted by Gasteiger charge is -2.10. The molecule has 2 aliphatic rings. The van der Waals surface area contributed by atoms with Crippen LogP contribution in [0.15, 0.2) is 29.5 Å². The summed E-state index contributed by atoms with van der Waals surface area (Å²) in [5.74, 6) is 0.584. The van der Waals surface area contributed by atoms with Gasteiger partial charge in [-0.3, -0.25) is 4.57 Å². The van der Waals surface area contributed by atoms with E-state index in [1.807, 2.05) is 34.4 Å². The van der Waals surface area contributed by atoms with E-state index >= 15 is 0 Å². The van der Waals surface area contributed by atoms with Crippen molar-refractivity contribution in [2.75, 3.05) is 13.7 Å². The molecule has 27 heavy (non-hydrogen) atoms. The largest absolute Gasteiger partial charge is 0.474 e. The van der Waals surface area contributed by atoms with Gasteiger partial charge in [0.15, 0.2) is 0 Å². The van der Waals surface area contributed by atoms with Gasteiger partial charge in [0.1, 0.15) is 24.3 Å². The first-order valence-corrected chi connectivity index (χ1v) is 9.03. The summed E-state index contributed by atoms with van der Waals surface area (Å²) in [4.78, 5) is 9.18. The van der Waals surface area contributed by atoms with Crippen LogP contribution in [0, 0.1) is 0 Å². The van der Waals surface area contributed by atoms with Gasteiger partial charge >= 0.3 is 0 Å². The van der Waals surface area contributed by atoms with Crippen LogP contribution in [0.5, 0.6) is 0 Å². The topological polar surface area (TPSA) is 79.3 Å². The van der Waals surface area contributed by atoms with Crippen molar-refractivity contribution < 1.29 is 9.47 Å². The molecule has 0 saturated heterocycles. The second-order valence-corrected chi connectivity index (χ2v) is 7.08. The van der Waals surface area contributed by atoms with Gasteiger partial charge in [-0.2, -0.15) is 0 Å². The molecular weight excluding hydrogens is 368 g/mol. The van der Waals surface area contributed by atoms with Gasteiger partial charge in [0, 0.05) is 18.6 Å². The van der Waals surface area contributed by atoms with Crippen molar-refractivity contribution in [2.45, 2.75) is 26.0 Å². The van der Waals surface area contributed by atoms with E-state index in [9.17, 15) is 0 Å². The number of nitrogens with zero attached hydrogens (tertiary/aromatic N) is 6. The van der Waals surface area contributed by atoms with E-state index in [1.54, 1.807) is 13.4 Å². The molecule has 0 radical (unpaired) electrons. The molecule has 2 aliphatic heterocycles. The van der Waals surface area contributed by atoms with E-state index in [2.05, 4.69) is 20.3 Å². The first-order valence-electron chi connectivity index (χ1n) is 8.65. The van der Waals surface area contributed by atoms with Crippen LogP contribution in [0.4, 0.5) is 0 Å². The Morgan fingerprint density at radius 1 is 1.30 bits per heavy atom. The Labute approximate surface area is 160 Å². The van der Waals surface area contributed by atoms with Gasteiger partial charge in [-0.15, -0.1) is 5.10 Å². The van der Waals surface area contributed by atoms with E-state index in [1.165, 1.54) is 0 Å². The molecule has 8 nitrogen and oxygen atoms in total. The molecule has 5 rings (SSSR count). The zero-order valence-corrected chi connectivity index (χ0v) is 15.6. The Morgan fingerprint density at radius 3 is 2.96 bits per heavy atom. The fraction of sp³-hybridized carbons (Fsp3) is 0.333. The summed E-state index contributed by atoms with van der Waals surface area (Å²) in [5.41, 5.74) is 5.22. The van der Waals surface area contributed by atoms with E-state index in [0.717, 1.165) is 34.2 Å². The monoisotopic (exact) mass is 384 g/mol. The number of imidazole rings is 1. The first-order chi connectivity index (χ1) is 13.2. The molecule has 0 unspecified atom stereocenters. The number of hydrogen-bond donors (Lipinski definition) is 0. The number of ether oxygens (including phenoxy) is 2. The molecule has 0 spiro atoms. The highest BCUT2D eigenvalue weighted by atomic mass is 35.5. The fourth-order valence-electron chi connectivity index (χ4n) is 3.51. The van der Waals surface area contributed by atoms with Crippen molar-refractivity contribution in [3.8, 4) is 11.4 Å². The molecule has 0 aliphatic carbocycles. The minimum atomic E-state index is 0.130. The molecule has 0 bridgehead atoms. The molecule has 0 saturated carbocycles. The fourth-order valence-corrected chi connectivity index (χ4v) is 3.68. The van der Waals surface area contributed by atoms with Crippen molar-refractivity contribution >= 4 is 17.5 Å². The summed E-state index contributed by atoms with van der Waals surface area (Å²) in [6.45, 7) is 2.97. The number of fused-ring (bicyclic) bond motifs is 5. The number of hydrogen-bond acceptors (Lipinski definition) is 6.